The van der Waals surface area contributed by atoms with Gasteiger partial charge in [0.1, 0.15) is 0 Å². The van der Waals surface area contributed by atoms with E-state index in [9.17, 15) is 0 Å². The van der Waals surface area contributed by atoms with E-state index in [0.717, 1.165) is 11.8 Å². The standard InChI is InChI=1S/C11H13Br/c1-7-3-4-9(6-11(7)12)10-5-8(10)2/h3-4,6,8,10H,5H2,1-2H3/t8-,10-/m0/s1. The Bertz CT molecular complexity index is 304. The Balaban J connectivity index is 2.29. The molecule has 64 valence electrons. The van der Waals surface area contributed by atoms with Crippen LogP contribution in [0.2, 0.25) is 0 Å². The van der Waals surface area contributed by atoms with Crippen LogP contribution in [-0.2, 0) is 0 Å². The largest absolute Gasteiger partial charge is 0.0619 e. The third-order valence-corrected chi connectivity index (χ3v) is 3.59. The summed E-state index contributed by atoms with van der Waals surface area (Å²) >= 11 is 3.56. The van der Waals surface area contributed by atoms with Gasteiger partial charge in [-0.15, -0.1) is 0 Å². The van der Waals surface area contributed by atoms with Crippen molar-refractivity contribution in [1.82, 2.24) is 0 Å². The minimum atomic E-state index is 0.835. The minimum absolute atomic E-state index is 0.835. The van der Waals surface area contributed by atoms with Crippen molar-refractivity contribution in [3.05, 3.63) is 33.8 Å². The lowest BCUT2D eigenvalue weighted by molar-refractivity contribution is 0.913. The first-order valence-electron chi connectivity index (χ1n) is 4.44. The van der Waals surface area contributed by atoms with Crippen molar-refractivity contribution in [2.45, 2.75) is 26.2 Å². The van der Waals surface area contributed by atoms with E-state index < -0.39 is 0 Å². The molecule has 0 amide bonds. The lowest BCUT2D eigenvalue weighted by Crippen LogP contribution is -1.83. The summed E-state index contributed by atoms with van der Waals surface area (Å²) in [6.07, 6.45) is 1.37. The molecule has 0 spiro atoms. The summed E-state index contributed by atoms with van der Waals surface area (Å²) in [6.45, 7) is 4.45. The second-order valence-electron chi connectivity index (χ2n) is 3.83. The Morgan fingerprint density at radius 1 is 1.42 bits per heavy atom. The third kappa shape index (κ3) is 1.42. The number of hydrogen-bond acceptors (Lipinski definition) is 0. The number of aryl methyl sites for hydroxylation is 1. The van der Waals surface area contributed by atoms with Gasteiger partial charge in [-0.1, -0.05) is 35.0 Å². The van der Waals surface area contributed by atoms with Gasteiger partial charge in [-0.2, -0.15) is 0 Å². The van der Waals surface area contributed by atoms with Crippen LogP contribution in [-0.4, -0.2) is 0 Å². The zero-order valence-corrected chi connectivity index (χ0v) is 9.06. The maximum absolute atomic E-state index is 3.56. The highest BCUT2D eigenvalue weighted by Crippen LogP contribution is 2.47. The lowest BCUT2D eigenvalue weighted by atomic mass is 10.1. The van der Waals surface area contributed by atoms with E-state index in [4.69, 9.17) is 0 Å². The quantitative estimate of drug-likeness (QED) is 0.680. The van der Waals surface area contributed by atoms with Gasteiger partial charge in [-0.3, -0.25) is 0 Å². The molecule has 0 heterocycles. The van der Waals surface area contributed by atoms with Gasteiger partial charge in [-0.25, -0.2) is 0 Å². The Morgan fingerprint density at radius 3 is 2.58 bits per heavy atom. The van der Waals surface area contributed by atoms with E-state index in [-0.39, 0.29) is 0 Å². The van der Waals surface area contributed by atoms with E-state index in [1.165, 1.54) is 22.0 Å². The molecule has 1 aliphatic carbocycles. The van der Waals surface area contributed by atoms with Crippen LogP contribution in [0.5, 0.6) is 0 Å². The van der Waals surface area contributed by atoms with Crippen LogP contribution in [0.25, 0.3) is 0 Å². The fourth-order valence-corrected chi connectivity index (χ4v) is 2.02. The van der Waals surface area contributed by atoms with E-state index in [1.807, 2.05) is 0 Å². The fraction of sp³-hybridized carbons (Fsp3) is 0.455. The fourth-order valence-electron chi connectivity index (χ4n) is 1.63. The number of rotatable bonds is 1. The molecule has 0 unspecified atom stereocenters. The molecular weight excluding hydrogens is 212 g/mol. The molecule has 0 N–H and O–H groups in total. The molecule has 1 heteroatoms. The summed E-state index contributed by atoms with van der Waals surface area (Å²) in [5.41, 5.74) is 2.83. The predicted octanol–water partition coefficient (Wildman–Crippen LogP) is 3.88. The SMILES string of the molecule is Cc1ccc([C@H]2C[C@@H]2C)cc1Br. The lowest BCUT2D eigenvalue weighted by Gasteiger charge is -2.02. The molecule has 2 rings (SSSR count). The first kappa shape index (κ1) is 8.31. The molecule has 1 saturated carbocycles. The van der Waals surface area contributed by atoms with Crippen LogP contribution >= 0.6 is 15.9 Å². The Labute approximate surface area is 82.1 Å². The van der Waals surface area contributed by atoms with Gasteiger partial charge in [-0.05, 0) is 42.4 Å². The summed E-state index contributed by atoms with van der Waals surface area (Å²) in [5, 5.41) is 0. The van der Waals surface area contributed by atoms with Gasteiger partial charge in [0.15, 0.2) is 0 Å². The second-order valence-corrected chi connectivity index (χ2v) is 4.68. The molecule has 1 fully saturated rings. The molecule has 0 aromatic heterocycles. The maximum Gasteiger partial charge on any atom is 0.0207 e. The molecule has 0 bridgehead atoms. The van der Waals surface area contributed by atoms with Gasteiger partial charge in [0.25, 0.3) is 0 Å². The summed E-state index contributed by atoms with van der Waals surface area (Å²) in [6, 6.07) is 6.72. The minimum Gasteiger partial charge on any atom is -0.0619 e. The molecular formula is C11H13Br. The molecule has 2 atom stereocenters. The zero-order valence-electron chi connectivity index (χ0n) is 7.47. The predicted molar refractivity (Wildman–Crippen MR) is 55.4 cm³/mol. The average molecular weight is 225 g/mol. The van der Waals surface area contributed by atoms with Crippen LogP contribution < -0.4 is 0 Å². The molecule has 1 aromatic rings. The Morgan fingerprint density at radius 2 is 2.08 bits per heavy atom. The van der Waals surface area contributed by atoms with Gasteiger partial charge in [0, 0.05) is 4.47 Å². The zero-order chi connectivity index (χ0) is 8.72. The van der Waals surface area contributed by atoms with Crippen LogP contribution in [0.3, 0.4) is 0 Å². The van der Waals surface area contributed by atoms with Crippen molar-refractivity contribution in [2.24, 2.45) is 5.92 Å². The van der Waals surface area contributed by atoms with E-state index in [2.05, 4.69) is 48.0 Å². The van der Waals surface area contributed by atoms with Crippen molar-refractivity contribution < 1.29 is 0 Å². The number of halogens is 1. The summed E-state index contributed by atoms with van der Waals surface area (Å²) < 4.78 is 1.25. The smallest absolute Gasteiger partial charge is 0.0207 e. The van der Waals surface area contributed by atoms with E-state index >= 15 is 0 Å². The molecule has 1 aliphatic rings. The van der Waals surface area contributed by atoms with Crippen LogP contribution in [0.1, 0.15) is 30.4 Å². The normalized spacial score (nSPS) is 27.2. The van der Waals surface area contributed by atoms with Gasteiger partial charge >= 0.3 is 0 Å². The summed E-state index contributed by atoms with van der Waals surface area (Å²) in [5.74, 6) is 1.74. The van der Waals surface area contributed by atoms with Crippen molar-refractivity contribution in [3.63, 3.8) is 0 Å². The first-order valence-corrected chi connectivity index (χ1v) is 5.24. The van der Waals surface area contributed by atoms with Crippen LogP contribution in [0, 0.1) is 12.8 Å². The first-order chi connectivity index (χ1) is 5.68. The van der Waals surface area contributed by atoms with E-state index in [1.54, 1.807) is 0 Å². The van der Waals surface area contributed by atoms with Crippen LogP contribution in [0.15, 0.2) is 22.7 Å². The van der Waals surface area contributed by atoms with Crippen LogP contribution in [0.4, 0.5) is 0 Å². The monoisotopic (exact) mass is 224 g/mol. The number of hydrogen-bond donors (Lipinski definition) is 0. The topological polar surface area (TPSA) is 0 Å². The van der Waals surface area contributed by atoms with Gasteiger partial charge in [0.2, 0.25) is 0 Å². The molecule has 0 saturated heterocycles. The summed E-state index contributed by atoms with van der Waals surface area (Å²) in [7, 11) is 0. The average Bonchev–Trinajstić information content (AvgIpc) is 2.73. The highest BCUT2D eigenvalue weighted by Gasteiger charge is 2.33. The highest BCUT2D eigenvalue weighted by molar-refractivity contribution is 9.10. The van der Waals surface area contributed by atoms with Crippen molar-refractivity contribution in [1.29, 1.82) is 0 Å². The van der Waals surface area contributed by atoms with Gasteiger partial charge in [0.05, 0.1) is 0 Å². The molecule has 0 aliphatic heterocycles. The van der Waals surface area contributed by atoms with Crippen molar-refractivity contribution in [3.8, 4) is 0 Å². The molecule has 12 heavy (non-hydrogen) atoms. The maximum atomic E-state index is 3.56. The van der Waals surface area contributed by atoms with E-state index in [0.29, 0.717) is 0 Å². The Kier molecular flexibility index (Phi) is 1.99. The van der Waals surface area contributed by atoms with Crippen molar-refractivity contribution in [2.75, 3.05) is 0 Å². The molecule has 0 radical (unpaired) electrons. The molecule has 0 nitrogen and oxygen atoms in total. The summed E-state index contributed by atoms with van der Waals surface area (Å²) in [4.78, 5) is 0. The second kappa shape index (κ2) is 2.88. The Hall–Kier alpha value is -0.300. The number of benzene rings is 1. The third-order valence-electron chi connectivity index (χ3n) is 2.73. The molecule has 1 aromatic carbocycles. The van der Waals surface area contributed by atoms with Gasteiger partial charge < -0.3 is 0 Å². The highest BCUT2D eigenvalue weighted by atomic mass is 79.9. The van der Waals surface area contributed by atoms with Crippen molar-refractivity contribution >= 4 is 15.9 Å².